The van der Waals surface area contributed by atoms with Crippen LogP contribution in [0.1, 0.15) is 40.0 Å². The first kappa shape index (κ1) is 54.0. The molecule has 3 aliphatic rings. The summed E-state index contributed by atoms with van der Waals surface area (Å²) >= 11 is 0. The van der Waals surface area contributed by atoms with Crippen LogP contribution in [0.2, 0.25) is 0 Å². The zero-order chi connectivity index (χ0) is 46.9. The first-order valence-corrected chi connectivity index (χ1v) is 17.8. The van der Waals surface area contributed by atoms with Gasteiger partial charge in [0.15, 0.2) is 0 Å². The van der Waals surface area contributed by atoms with Crippen molar-refractivity contribution in [1.82, 2.24) is 14.7 Å². The largest absolute Gasteiger partial charge is 0.481 e. The Morgan fingerprint density at radius 3 is 1.00 bits per heavy atom. The van der Waals surface area contributed by atoms with Crippen LogP contribution in [-0.2, 0) is 47.9 Å². The quantitative estimate of drug-likeness (QED) is 0.0732. The molecule has 3 saturated heterocycles. The SMILES string of the molecule is CC[C@@H](C(N)=O)N1CC(C=C(F)F)C(C(=O)O)C1=O.CC[C@@H](C(N)=O)N1CC(C=C(F)F)C(C(=O)OC)C1=O.CC[C@@H](C(N)=O)N1C[C@H](C=C(F)F)C(C(=O)O)C1=O.CO. The zero-order valence-corrected chi connectivity index (χ0v) is 32.9. The summed E-state index contributed by atoms with van der Waals surface area (Å²) < 4.78 is 78.3. The van der Waals surface area contributed by atoms with Crippen molar-refractivity contribution in [3.8, 4) is 0 Å². The molecule has 0 aromatic rings. The molecule has 3 heterocycles. The van der Waals surface area contributed by atoms with Gasteiger partial charge in [-0.05, 0) is 37.5 Å². The van der Waals surface area contributed by atoms with E-state index in [0.717, 1.165) is 28.9 Å². The molecule has 338 valence electrons. The Morgan fingerprint density at radius 1 is 0.583 bits per heavy atom. The van der Waals surface area contributed by atoms with Gasteiger partial charge in [0.1, 0.15) is 35.9 Å². The molecule has 0 radical (unpaired) electrons. The van der Waals surface area contributed by atoms with Gasteiger partial charge in [-0.2, -0.15) is 26.3 Å². The Bertz CT molecular complexity index is 1620. The summed E-state index contributed by atoms with van der Waals surface area (Å²) in [6, 6.07) is -2.87. The maximum absolute atomic E-state index is 12.4. The molecule has 19 nitrogen and oxygen atoms in total. The van der Waals surface area contributed by atoms with Gasteiger partial charge in [-0.1, -0.05) is 20.8 Å². The van der Waals surface area contributed by atoms with E-state index < -0.39 is 125 Å². The average Bonchev–Trinajstić information content (AvgIpc) is 3.74. The fraction of sp³-hybridized carbons (Fsp3) is 0.571. The number of hydrogen-bond acceptors (Lipinski definition) is 11. The summed E-state index contributed by atoms with van der Waals surface area (Å²) in [6.45, 7) is 4.14. The highest BCUT2D eigenvalue weighted by Gasteiger charge is 2.50. The summed E-state index contributed by atoms with van der Waals surface area (Å²) in [4.78, 5) is 106. The molecule has 3 fully saturated rings. The minimum Gasteiger partial charge on any atom is -0.481 e. The van der Waals surface area contributed by atoms with Crippen molar-refractivity contribution in [2.75, 3.05) is 33.9 Å². The summed E-state index contributed by atoms with van der Waals surface area (Å²) in [5, 5.41) is 24.9. The predicted molar refractivity (Wildman–Crippen MR) is 192 cm³/mol. The van der Waals surface area contributed by atoms with Crippen LogP contribution in [0.3, 0.4) is 0 Å². The number of halogens is 6. The van der Waals surface area contributed by atoms with Gasteiger partial charge in [-0.15, -0.1) is 0 Å². The van der Waals surface area contributed by atoms with E-state index in [-0.39, 0.29) is 38.9 Å². The monoisotopic (exact) mass is 874 g/mol. The molecular formula is C35H48F6N6O13. The number of methoxy groups -OCH3 is 1. The Hall–Kier alpha value is -6.01. The Labute approximate surface area is 338 Å². The molecule has 60 heavy (non-hydrogen) atoms. The zero-order valence-electron chi connectivity index (χ0n) is 32.9. The lowest BCUT2D eigenvalue weighted by Crippen LogP contribution is -2.46. The van der Waals surface area contributed by atoms with Crippen LogP contribution < -0.4 is 17.2 Å². The number of aliphatic carboxylic acids is 2. The summed E-state index contributed by atoms with van der Waals surface area (Å²) in [5.41, 5.74) is 15.4. The number of amides is 6. The molecule has 9 N–H and O–H groups in total. The number of nitrogens with two attached hydrogens (primary N) is 3. The number of ether oxygens (including phenoxy) is 1. The Morgan fingerprint density at radius 2 is 0.817 bits per heavy atom. The highest BCUT2D eigenvalue weighted by Crippen LogP contribution is 2.33. The lowest BCUT2D eigenvalue weighted by atomic mass is 9.96. The van der Waals surface area contributed by atoms with Gasteiger partial charge in [0, 0.05) is 44.5 Å². The molecule has 3 rings (SSSR count). The van der Waals surface area contributed by atoms with E-state index in [2.05, 4.69) is 4.74 Å². The molecule has 5 unspecified atom stereocenters. The van der Waals surface area contributed by atoms with E-state index in [9.17, 15) is 69.5 Å². The second-order valence-electron chi connectivity index (χ2n) is 12.9. The number of likely N-dealkylation sites (tertiary alicyclic amines) is 3. The fourth-order valence-electron chi connectivity index (χ4n) is 6.83. The van der Waals surface area contributed by atoms with Gasteiger partial charge in [0.25, 0.3) is 18.2 Å². The molecule has 6 amide bonds. The molecule has 0 aromatic heterocycles. The number of nitrogens with zero attached hydrogens (tertiary/aromatic N) is 3. The predicted octanol–water partition coefficient (Wildman–Crippen LogP) is 0.267. The maximum atomic E-state index is 12.4. The molecule has 9 atom stereocenters. The molecular weight excluding hydrogens is 826 g/mol. The number of rotatable bonds is 15. The van der Waals surface area contributed by atoms with E-state index in [1.165, 1.54) is 0 Å². The van der Waals surface area contributed by atoms with E-state index >= 15 is 0 Å². The molecule has 0 saturated carbocycles. The minimum absolute atomic E-state index is 0.169. The smallest absolute Gasteiger partial charge is 0.318 e. The highest BCUT2D eigenvalue weighted by atomic mass is 19.3. The van der Waals surface area contributed by atoms with Crippen LogP contribution in [0.15, 0.2) is 36.5 Å². The van der Waals surface area contributed by atoms with Gasteiger partial charge in [0.2, 0.25) is 35.4 Å². The van der Waals surface area contributed by atoms with Crippen molar-refractivity contribution in [2.45, 2.75) is 58.2 Å². The first-order valence-electron chi connectivity index (χ1n) is 17.8. The fourth-order valence-corrected chi connectivity index (χ4v) is 6.83. The van der Waals surface area contributed by atoms with Crippen LogP contribution in [0.5, 0.6) is 0 Å². The first-order chi connectivity index (χ1) is 27.9. The van der Waals surface area contributed by atoms with Crippen LogP contribution in [0.4, 0.5) is 26.3 Å². The molecule has 0 bridgehead atoms. The third-order valence-electron chi connectivity index (χ3n) is 9.44. The number of carboxylic acid groups (broad SMARTS) is 2. The normalized spacial score (nSPS) is 23.2. The number of aliphatic hydroxyl groups excluding tert-OH is 1. The highest BCUT2D eigenvalue weighted by molar-refractivity contribution is 6.03. The van der Waals surface area contributed by atoms with Crippen molar-refractivity contribution in [2.24, 2.45) is 52.7 Å². The van der Waals surface area contributed by atoms with Crippen molar-refractivity contribution in [3.05, 3.63) is 36.5 Å². The maximum Gasteiger partial charge on any atom is 0.318 e. The molecule has 0 aliphatic carbocycles. The second kappa shape index (κ2) is 24.8. The molecule has 0 spiro atoms. The van der Waals surface area contributed by atoms with Gasteiger partial charge < -0.3 is 52.0 Å². The summed E-state index contributed by atoms with van der Waals surface area (Å²) in [7, 11) is 2.07. The lowest BCUT2D eigenvalue weighted by Gasteiger charge is -2.24. The number of primary amides is 3. The van der Waals surface area contributed by atoms with Gasteiger partial charge in [-0.25, -0.2) is 0 Å². The van der Waals surface area contributed by atoms with Crippen molar-refractivity contribution < 1.29 is 89.5 Å². The van der Waals surface area contributed by atoms with Gasteiger partial charge in [0.05, 0.1) is 7.11 Å². The van der Waals surface area contributed by atoms with Crippen LogP contribution in [0, 0.1) is 35.5 Å². The van der Waals surface area contributed by atoms with E-state index in [0.29, 0.717) is 18.2 Å². The Balaban J connectivity index is 0.000000852. The number of hydrogen-bond donors (Lipinski definition) is 6. The van der Waals surface area contributed by atoms with Gasteiger partial charge >= 0.3 is 17.9 Å². The van der Waals surface area contributed by atoms with E-state index in [1.807, 2.05) is 0 Å². The van der Waals surface area contributed by atoms with E-state index in [1.54, 1.807) is 20.8 Å². The average molecular weight is 875 g/mol. The third kappa shape index (κ3) is 14.1. The number of carbonyl (C=O) groups is 9. The number of esters is 1. The standard InChI is InChI=1S/C12H16F2N2O4.2C11H14F2N2O4.CH4O/c1-3-7(10(15)17)16-5-6(4-8(13)14)9(11(16)18)12(19)20-2;2*1-2-6(9(14)16)15-4-5(3-7(12)13)8(10(15)17)11(18)19;1-2/h4,6-7,9H,3,5H2,1-2H3,(H2,15,17);2*3,5-6,8H,2,4H2,1H3,(H2,14,16)(H,18,19);2H,1H3/t6?,7-,9?;5?,6-,8?;5-,6-,8?;/m000./s1. The van der Waals surface area contributed by atoms with Crippen LogP contribution >= 0.6 is 0 Å². The lowest BCUT2D eigenvalue weighted by molar-refractivity contribution is -0.153. The van der Waals surface area contributed by atoms with Crippen LogP contribution in [0.25, 0.3) is 0 Å². The molecule has 3 aliphatic heterocycles. The number of carbonyl (C=O) groups excluding carboxylic acids is 7. The number of aliphatic hydroxyl groups is 1. The topological polar surface area (TPSA) is 311 Å². The van der Waals surface area contributed by atoms with Crippen molar-refractivity contribution in [1.29, 1.82) is 0 Å². The summed E-state index contributed by atoms with van der Waals surface area (Å²) in [5.74, 6) is -16.6. The Kier molecular flexibility index (Phi) is 22.3. The number of carboxylic acids is 2. The van der Waals surface area contributed by atoms with Crippen molar-refractivity contribution >= 4 is 53.4 Å². The van der Waals surface area contributed by atoms with Crippen molar-refractivity contribution in [3.63, 3.8) is 0 Å². The van der Waals surface area contributed by atoms with E-state index in [4.69, 9.17) is 32.5 Å². The molecule has 0 aromatic carbocycles. The third-order valence-corrected chi connectivity index (χ3v) is 9.44. The van der Waals surface area contributed by atoms with Crippen LogP contribution in [-0.4, -0.2) is 135 Å². The second-order valence-corrected chi connectivity index (χ2v) is 12.9. The summed E-state index contributed by atoms with van der Waals surface area (Å²) in [6.07, 6.45) is -4.07. The van der Waals surface area contributed by atoms with Gasteiger partial charge in [-0.3, -0.25) is 43.2 Å². The minimum atomic E-state index is -2.06. The molecule has 25 heteroatoms.